The van der Waals surface area contributed by atoms with Gasteiger partial charge in [-0.25, -0.2) is 9.97 Å². The quantitative estimate of drug-likeness (QED) is 0.769. The monoisotopic (exact) mass is 408 g/mol. The van der Waals surface area contributed by atoms with Crippen LogP contribution in [0.15, 0.2) is 21.4 Å². The van der Waals surface area contributed by atoms with Crippen molar-refractivity contribution >= 4 is 15.9 Å². The average molecular weight is 409 g/mol. The molecule has 1 aliphatic rings. The molecule has 0 amide bonds. The summed E-state index contributed by atoms with van der Waals surface area (Å²) in [5.41, 5.74) is -0.107. The second-order valence-electron chi connectivity index (χ2n) is 7.51. The molecule has 136 valence electrons. The van der Waals surface area contributed by atoms with E-state index in [1.807, 2.05) is 0 Å². The Morgan fingerprint density at radius 3 is 2.36 bits per heavy atom. The number of nitrogens with zero attached hydrogens (tertiary/aromatic N) is 6. The van der Waals surface area contributed by atoms with E-state index in [-0.39, 0.29) is 11.5 Å². The van der Waals surface area contributed by atoms with Gasteiger partial charge in [0.25, 0.3) is 0 Å². The molecule has 3 heterocycles. The minimum Gasteiger partial charge on any atom is -0.339 e. The molecule has 1 fully saturated rings. The third-order valence-corrected chi connectivity index (χ3v) is 4.85. The number of rotatable bonds is 4. The molecular weight excluding hydrogens is 384 g/mol. The van der Waals surface area contributed by atoms with Crippen LogP contribution in [-0.4, -0.2) is 56.1 Å². The van der Waals surface area contributed by atoms with Crippen LogP contribution in [-0.2, 0) is 12.0 Å². The lowest BCUT2D eigenvalue weighted by molar-refractivity contribution is 0.0926. The van der Waals surface area contributed by atoms with Crippen LogP contribution >= 0.6 is 15.9 Å². The van der Waals surface area contributed by atoms with Crippen molar-refractivity contribution in [2.24, 2.45) is 0 Å². The second kappa shape index (κ2) is 7.47. The molecule has 2 aromatic rings. The summed E-state index contributed by atoms with van der Waals surface area (Å²) in [6.45, 7) is 13.0. The number of aromatic nitrogens is 4. The number of halogens is 1. The van der Waals surface area contributed by atoms with E-state index in [1.54, 1.807) is 12.4 Å². The Bertz CT molecular complexity index is 688. The first-order chi connectivity index (χ1) is 11.8. The van der Waals surface area contributed by atoms with Crippen LogP contribution < -0.4 is 0 Å². The highest BCUT2D eigenvalue weighted by Gasteiger charge is 2.26. The molecule has 1 unspecified atom stereocenters. The second-order valence-corrected chi connectivity index (χ2v) is 8.43. The van der Waals surface area contributed by atoms with Crippen LogP contribution in [0, 0.1) is 0 Å². The van der Waals surface area contributed by atoms with E-state index < -0.39 is 0 Å². The Hall–Kier alpha value is -1.38. The molecule has 0 aliphatic carbocycles. The molecule has 25 heavy (non-hydrogen) atoms. The van der Waals surface area contributed by atoms with Crippen LogP contribution in [0.4, 0.5) is 0 Å². The molecule has 3 rings (SSSR count). The summed E-state index contributed by atoms with van der Waals surface area (Å²) >= 11 is 3.38. The lowest BCUT2D eigenvalue weighted by atomic mass is 9.97. The van der Waals surface area contributed by atoms with Crippen LogP contribution in [0.1, 0.15) is 51.3 Å². The van der Waals surface area contributed by atoms with Crippen molar-refractivity contribution in [3.63, 3.8) is 0 Å². The molecule has 0 bridgehead atoms. The van der Waals surface area contributed by atoms with Crippen molar-refractivity contribution in [1.82, 2.24) is 29.9 Å². The molecule has 0 saturated carbocycles. The number of hydrogen-bond donors (Lipinski definition) is 0. The largest absolute Gasteiger partial charge is 0.339 e. The third-order valence-electron chi connectivity index (χ3n) is 4.44. The van der Waals surface area contributed by atoms with E-state index in [4.69, 9.17) is 4.52 Å². The maximum absolute atomic E-state index is 5.38. The number of hydrogen-bond acceptors (Lipinski definition) is 7. The van der Waals surface area contributed by atoms with Gasteiger partial charge < -0.3 is 4.52 Å². The fourth-order valence-electron chi connectivity index (χ4n) is 2.83. The first kappa shape index (κ1) is 18.4. The molecule has 1 atom stereocenters. The van der Waals surface area contributed by atoms with E-state index in [0.29, 0.717) is 5.89 Å². The zero-order valence-electron chi connectivity index (χ0n) is 15.2. The van der Waals surface area contributed by atoms with Gasteiger partial charge in [0.05, 0.1) is 17.1 Å². The average Bonchev–Trinajstić information content (AvgIpc) is 3.04. The predicted molar refractivity (Wildman–Crippen MR) is 98.0 cm³/mol. The van der Waals surface area contributed by atoms with Gasteiger partial charge >= 0.3 is 0 Å². The van der Waals surface area contributed by atoms with Crippen LogP contribution in [0.25, 0.3) is 0 Å². The smallest absolute Gasteiger partial charge is 0.232 e. The molecule has 1 aliphatic heterocycles. The molecule has 7 nitrogen and oxygen atoms in total. The fourth-order valence-corrected chi connectivity index (χ4v) is 3.04. The fraction of sp³-hybridized carbons (Fsp3) is 0.647. The van der Waals surface area contributed by atoms with Gasteiger partial charge in [0.1, 0.15) is 5.82 Å². The zero-order valence-corrected chi connectivity index (χ0v) is 16.8. The lowest BCUT2D eigenvalue weighted by Gasteiger charge is -2.36. The molecule has 8 heteroatoms. The minimum absolute atomic E-state index is 0.107. The molecule has 1 saturated heterocycles. The van der Waals surface area contributed by atoms with E-state index in [9.17, 15) is 0 Å². The van der Waals surface area contributed by atoms with E-state index in [0.717, 1.165) is 48.8 Å². The van der Waals surface area contributed by atoms with Gasteiger partial charge in [-0.05, 0) is 22.9 Å². The summed E-state index contributed by atoms with van der Waals surface area (Å²) in [6.07, 6.45) is 3.61. The van der Waals surface area contributed by atoms with Crippen LogP contribution in [0.3, 0.4) is 0 Å². The van der Waals surface area contributed by atoms with Crippen molar-refractivity contribution in [3.8, 4) is 0 Å². The Morgan fingerprint density at radius 2 is 1.80 bits per heavy atom. The maximum Gasteiger partial charge on any atom is 0.232 e. The highest BCUT2D eigenvalue weighted by molar-refractivity contribution is 9.10. The topological polar surface area (TPSA) is 71.2 Å². The molecule has 0 spiro atoms. The molecule has 0 radical (unpaired) electrons. The van der Waals surface area contributed by atoms with Crippen LogP contribution in [0.2, 0.25) is 0 Å². The summed E-state index contributed by atoms with van der Waals surface area (Å²) in [6, 6.07) is 0.216. The molecule has 2 aromatic heterocycles. The van der Waals surface area contributed by atoms with Gasteiger partial charge in [0.2, 0.25) is 5.89 Å². The molecule has 0 N–H and O–H groups in total. The first-order valence-electron chi connectivity index (χ1n) is 8.60. The highest BCUT2D eigenvalue weighted by Crippen LogP contribution is 2.22. The Kier molecular flexibility index (Phi) is 5.50. The molecule has 0 aromatic carbocycles. The van der Waals surface area contributed by atoms with E-state index in [1.165, 1.54) is 0 Å². The van der Waals surface area contributed by atoms with Crippen LogP contribution in [0.5, 0.6) is 0 Å². The number of piperazine rings is 1. The van der Waals surface area contributed by atoms with Crippen molar-refractivity contribution in [1.29, 1.82) is 0 Å². The lowest BCUT2D eigenvalue weighted by Crippen LogP contribution is -2.47. The SMILES string of the molecule is CC(c1ncc(Br)cn1)N1CCN(Cc2noc(C(C)(C)C)n2)CC1. The maximum atomic E-state index is 5.38. The summed E-state index contributed by atoms with van der Waals surface area (Å²) < 4.78 is 6.28. The van der Waals surface area contributed by atoms with Crippen molar-refractivity contribution < 1.29 is 4.52 Å². The Morgan fingerprint density at radius 1 is 1.16 bits per heavy atom. The minimum atomic E-state index is -0.107. The van der Waals surface area contributed by atoms with Gasteiger partial charge in [-0.3, -0.25) is 9.80 Å². The van der Waals surface area contributed by atoms with Crippen molar-refractivity contribution in [2.75, 3.05) is 26.2 Å². The van der Waals surface area contributed by atoms with Crippen molar-refractivity contribution in [2.45, 2.75) is 45.7 Å². The summed E-state index contributed by atoms with van der Waals surface area (Å²) in [4.78, 5) is 18.1. The van der Waals surface area contributed by atoms with E-state index in [2.05, 4.69) is 73.5 Å². The van der Waals surface area contributed by atoms with Gasteiger partial charge in [0, 0.05) is 44.0 Å². The highest BCUT2D eigenvalue weighted by atomic mass is 79.9. The molecular formula is C17H25BrN6O. The standard InChI is InChI=1S/C17H25BrN6O/c1-12(15-19-9-13(18)10-20-15)24-7-5-23(6-8-24)11-14-21-16(25-22-14)17(2,3)4/h9-10,12H,5-8,11H2,1-4H3. The normalized spacial score (nSPS) is 18.4. The summed E-state index contributed by atoms with van der Waals surface area (Å²) in [7, 11) is 0. The Balaban J connectivity index is 1.53. The van der Waals surface area contributed by atoms with Gasteiger partial charge in [0.15, 0.2) is 5.82 Å². The van der Waals surface area contributed by atoms with E-state index >= 15 is 0 Å². The predicted octanol–water partition coefficient (Wildman–Crippen LogP) is 2.80. The first-order valence-corrected chi connectivity index (χ1v) is 9.39. The third kappa shape index (κ3) is 4.62. The summed E-state index contributed by atoms with van der Waals surface area (Å²) in [5.74, 6) is 2.33. The zero-order chi connectivity index (χ0) is 18.0. The Labute approximate surface area is 157 Å². The van der Waals surface area contributed by atoms with Crippen molar-refractivity contribution in [3.05, 3.63) is 34.4 Å². The van der Waals surface area contributed by atoms with Gasteiger partial charge in [-0.1, -0.05) is 25.9 Å². The van der Waals surface area contributed by atoms with Gasteiger partial charge in [-0.15, -0.1) is 0 Å². The van der Waals surface area contributed by atoms with Gasteiger partial charge in [-0.2, -0.15) is 4.98 Å². The summed E-state index contributed by atoms with van der Waals surface area (Å²) in [5, 5.41) is 4.12.